The molecule has 0 saturated carbocycles. The Bertz CT molecular complexity index is 1430. The van der Waals surface area contributed by atoms with Gasteiger partial charge in [-0.15, -0.1) is 0 Å². The van der Waals surface area contributed by atoms with Gasteiger partial charge in [-0.05, 0) is 47.5 Å². The topological polar surface area (TPSA) is 101 Å². The van der Waals surface area contributed by atoms with Gasteiger partial charge in [0.2, 0.25) is 5.95 Å². The fourth-order valence-corrected chi connectivity index (χ4v) is 4.08. The van der Waals surface area contributed by atoms with Crippen molar-refractivity contribution in [2.45, 2.75) is 12.4 Å². The van der Waals surface area contributed by atoms with E-state index < -0.39 is 15.5 Å². The van der Waals surface area contributed by atoms with Gasteiger partial charge in [-0.2, -0.15) is 4.98 Å². The number of benzene rings is 3. The number of rotatable bonds is 8. The van der Waals surface area contributed by atoms with Gasteiger partial charge in [0.15, 0.2) is 5.82 Å². The number of halogens is 2. The lowest BCUT2D eigenvalue weighted by Crippen LogP contribution is -2.03. The Morgan fingerprint density at radius 1 is 0.971 bits per heavy atom. The lowest BCUT2D eigenvalue weighted by atomic mass is 10.1. The first kappa shape index (κ1) is 23.2. The minimum atomic E-state index is -2.68. The SMILES string of the molecule is C[S@@](=N)(=O)Cc1cccc(Nc2ncnc(-c3ccc(F)cc3OCc3cccc(F)c3)n2)c1. The average Bonchev–Trinajstić information content (AvgIpc) is 2.77. The second-order valence-electron chi connectivity index (χ2n) is 7.67. The van der Waals surface area contributed by atoms with Crippen molar-refractivity contribution < 1.29 is 17.7 Å². The molecule has 0 saturated heterocycles. The minimum Gasteiger partial charge on any atom is -0.488 e. The van der Waals surface area contributed by atoms with Crippen LogP contribution in [0.25, 0.3) is 11.4 Å². The number of hydrogen-bond donors (Lipinski definition) is 2. The number of nitrogens with one attached hydrogen (secondary N) is 2. The molecule has 0 aliphatic rings. The van der Waals surface area contributed by atoms with Crippen molar-refractivity contribution in [2.24, 2.45) is 0 Å². The predicted molar refractivity (Wildman–Crippen MR) is 126 cm³/mol. The van der Waals surface area contributed by atoms with Gasteiger partial charge in [0.25, 0.3) is 0 Å². The van der Waals surface area contributed by atoms with Crippen molar-refractivity contribution >= 4 is 21.4 Å². The summed E-state index contributed by atoms with van der Waals surface area (Å²) >= 11 is 0. The van der Waals surface area contributed by atoms with Crippen LogP contribution < -0.4 is 10.1 Å². The van der Waals surface area contributed by atoms with Crippen LogP contribution in [0.1, 0.15) is 11.1 Å². The highest BCUT2D eigenvalue weighted by atomic mass is 32.2. The molecule has 1 heterocycles. The predicted octanol–water partition coefficient (Wildman–Crippen LogP) is 5.32. The quantitative estimate of drug-likeness (QED) is 0.353. The van der Waals surface area contributed by atoms with Gasteiger partial charge in [0.1, 0.15) is 30.3 Å². The summed E-state index contributed by atoms with van der Waals surface area (Å²) in [5.41, 5.74) is 2.43. The van der Waals surface area contributed by atoms with Crippen molar-refractivity contribution in [1.29, 1.82) is 4.78 Å². The zero-order valence-corrected chi connectivity index (χ0v) is 19.0. The van der Waals surface area contributed by atoms with Crippen molar-refractivity contribution in [3.63, 3.8) is 0 Å². The zero-order chi connectivity index (χ0) is 24.1. The van der Waals surface area contributed by atoms with Gasteiger partial charge in [0, 0.05) is 27.7 Å². The molecule has 34 heavy (non-hydrogen) atoms. The van der Waals surface area contributed by atoms with E-state index >= 15 is 0 Å². The molecule has 2 N–H and O–H groups in total. The molecule has 10 heteroatoms. The molecule has 0 fully saturated rings. The van der Waals surface area contributed by atoms with Crippen LogP contribution in [0.5, 0.6) is 5.75 Å². The Kier molecular flexibility index (Phi) is 6.78. The number of nitrogens with zero attached hydrogens (tertiary/aromatic N) is 3. The van der Waals surface area contributed by atoms with E-state index in [1.165, 1.54) is 42.9 Å². The van der Waals surface area contributed by atoms with E-state index in [-0.39, 0.29) is 35.7 Å². The molecule has 0 aliphatic carbocycles. The molecule has 1 atom stereocenters. The Morgan fingerprint density at radius 2 is 1.74 bits per heavy atom. The molecule has 7 nitrogen and oxygen atoms in total. The summed E-state index contributed by atoms with van der Waals surface area (Å²) in [6, 6.07) is 17.1. The molecule has 0 radical (unpaired) electrons. The third kappa shape index (κ3) is 6.32. The second kappa shape index (κ2) is 9.92. The van der Waals surface area contributed by atoms with Gasteiger partial charge in [-0.25, -0.2) is 23.0 Å². The van der Waals surface area contributed by atoms with Crippen molar-refractivity contribution in [1.82, 2.24) is 15.0 Å². The van der Waals surface area contributed by atoms with Crippen LogP contribution in [0.2, 0.25) is 0 Å². The summed E-state index contributed by atoms with van der Waals surface area (Å²) in [6.07, 6.45) is 2.71. The molecular weight excluding hydrogens is 460 g/mol. The van der Waals surface area contributed by atoms with Crippen molar-refractivity contribution in [3.8, 4) is 17.1 Å². The molecule has 0 spiro atoms. The Balaban J connectivity index is 1.57. The maximum atomic E-state index is 13.9. The molecule has 1 aromatic heterocycles. The van der Waals surface area contributed by atoms with E-state index in [0.29, 0.717) is 16.8 Å². The largest absolute Gasteiger partial charge is 0.488 e. The van der Waals surface area contributed by atoms with Crippen LogP contribution in [-0.4, -0.2) is 25.4 Å². The maximum absolute atomic E-state index is 13.9. The summed E-state index contributed by atoms with van der Waals surface area (Å²) < 4.78 is 52.6. The van der Waals surface area contributed by atoms with Crippen LogP contribution in [0.4, 0.5) is 20.4 Å². The number of aromatic nitrogens is 3. The monoisotopic (exact) mass is 481 g/mol. The second-order valence-corrected chi connectivity index (χ2v) is 9.97. The highest BCUT2D eigenvalue weighted by molar-refractivity contribution is 7.90. The summed E-state index contributed by atoms with van der Waals surface area (Å²) in [7, 11) is -2.68. The lowest BCUT2D eigenvalue weighted by molar-refractivity contribution is 0.305. The van der Waals surface area contributed by atoms with Gasteiger partial charge < -0.3 is 10.1 Å². The van der Waals surface area contributed by atoms with E-state index in [9.17, 15) is 13.0 Å². The molecule has 0 bridgehead atoms. The van der Waals surface area contributed by atoms with Gasteiger partial charge in [-0.3, -0.25) is 4.78 Å². The van der Waals surface area contributed by atoms with E-state index in [1.807, 2.05) is 0 Å². The molecular formula is C24H21F2N5O2S. The normalized spacial score (nSPS) is 12.7. The smallest absolute Gasteiger partial charge is 0.230 e. The van der Waals surface area contributed by atoms with E-state index in [4.69, 9.17) is 9.52 Å². The highest BCUT2D eigenvalue weighted by Crippen LogP contribution is 2.30. The van der Waals surface area contributed by atoms with E-state index in [2.05, 4.69) is 20.3 Å². The average molecular weight is 482 g/mol. The van der Waals surface area contributed by atoms with Crippen LogP contribution >= 0.6 is 0 Å². The van der Waals surface area contributed by atoms with Crippen molar-refractivity contribution in [3.05, 3.63) is 95.8 Å². The number of anilines is 2. The fourth-order valence-electron chi connectivity index (χ4n) is 3.26. The Labute approximate surface area is 195 Å². The van der Waals surface area contributed by atoms with Crippen LogP contribution in [0.15, 0.2) is 73.1 Å². The zero-order valence-electron chi connectivity index (χ0n) is 18.2. The van der Waals surface area contributed by atoms with Crippen molar-refractivity contribution in [2.75, 3.05) is 11.6 Å². The van der Waals surface area contributed by atoms with Crippen LogP contribution in [-0.2, 0) is 22.1 Å². The maximum Gasteiger partial charge on any atom is 0.230 e. The first-order valence-corrected chi connectivity index (χ1v) is 12.3. The molecule has 3 aromatic carbocycles. The van der Waals surface area contributed by atoms with E-state index in [0.717, 1.165) is 5.56 Å². The summed E-state index contributed by atoms with van der Waals surface area (Å²) in [6.45, 7) is 0.0355. The molecule has 0 aliphatic heterocycles. The molecule has 4 aromatic rings. The highest BCUT2D eigenvalue weighted by Gasteiger charge is 2.13. The molecule has 174 valence electrons. The first-order valence-electron chi connectivity index (χ1n) is 10.2. The van der Waals surface area contributed by atoms with E-state index in [1.54, 1.807) is 36.4 Å². The lowest BCUT2D eigenvalue weighted by Gasteiger charge is -2.12. The summed E-state index contributed by atoms with van der Waals surface area (Å²) in [5.74, 6) is -0.0502. The standard InChI is InChI=1S/C24H21F2N5O2S/c1-34(27,32)14-17-5-3-7-20(11-17)30-24-29-15-28-23(31-24)21-9-8-19(26)12-22(21)33-13-16-4-2-6-18(25)10-16/h2-12,15,27H,13-14H2,1H3,(H,28,29,30,31)/t34-/m1/s1. The van der Waals surface area contributed by atoms with Gasteiger partial charge >= 0.3 is 0 Å². The number of ether oxygens (including phenoxy) is 1. The van der Waals surface area contributed by atoms with Crippen LogP contribution in [0.3, 0.4) is 0 Å². The third-order valence-corrected chi connectivity index (χ3v) is 5.55. The van der Waals surface area contributed by atoms with Gasteiger partial charge in [0.05, 0.1) is 11.3 Å². The molecule has 4 rings (SSSR count). The summed E-state index contributed by atoms with van der Waals surface area (Å²) in [4.78, 5) is 12.7. The number of hydrogen-bond acceptors (Lipinski definition) is 7. The molecule has 0 unspecified atom stereocenters. The summed E-state index contributed by atoms with van der Waals surface area (Å²) in [5, 5.41) is 3.06. The fraction of sp³-hybridized carbons (Fsp3) is 0.125. The minimum absolute atomic E-state index is 0.0355. The van der Waals surface area contributed by atoms with Crippen LogP contribution in [0, 0.1) is 16.4 Å². The molecule has 0 amide bonds. The third-order valence-electron chi connectivity index (χ3n) is 4.66. The Morgan fingerprint density at radius 3 is 2.53 bits per heavy atom. The first-order chi connectivity index (χ1) is 16.2. The van der Waals surface area contributed by atoms with Gasteiger partial charge in [-0.1, -0.05) is 24.3 Å². The Hall–Kier alpha value is -3.92.